The van der Waals surface area contributed by atoms with Gasteiger partial charge in [0.05, 0.1) is 1.37 Å². The van der Waals surface area contributed by atoms with Crippen molar-refractivity contribution < 1.29 is 1.37 Å². The van der Waals surface area contributed by atoms with Crippen molar-refractivity contribution in [1.82, 2.24) is 0 Å². The van der Waals surface area contributed by atoms with Gasteiger partial charge in [0, 0.05) is 0 Å². The molecule has 0 atom stereocenters. The SMILES string of the molecule is [2H]/C(=C\C=C)CCCc1ccccc1. The zero-order chi connectivity index (χ0) is 10.2. The number of hydrogen-bond donors (Lipinski definition) is 0. The number of aryl methyl sites for hydroxylation is 1. The Morgan fingerprint density at radius 2 is 2.08 bits per heavy atom. The van der Waals surface area contributed by atoms with Gasteiger partial charge in [-0.15, -0.1) is 0 Å². The van der Waals surface area contributed by atoms with Gasteiger partial charge >= 0.3 is 0 Å². The van der Waals surface area contributed by atoms with Crippen LogP contribution in [0.1, 0.15) is 19.8 Å². The molecule has 0 bridgehead atoms. The number of hydrogen-bond acceptors (Lipinski definition) is 0. The molecule has 1 rings (SSSR count). The average molecular weight is 173 g/mol. The molecular formula is C13H16. The lowest BCUT2D eigenvalue weighted by Crippen LogP contribution is -1.82. The van der Waals surface area contributed by atoms with Gasteiger partial charge in [-0.05, 0) is 24.8 Å². The van der Waals surface area contributed by atoms with Gasteiger partial charge in [0.25, 0.3) is 0 Å². The summed E-state index contributed by atoms with van der Waals surface area (Å²) >= 11 is 0. The van der Waals surface area contributed by atoms with Crippen molar-refractivity contribution in [2.75, 3.05) is 0 Å². The van der Waals surface area contributed by atoms with Crippen molar-refractivity contribution in [1.29, 1.82) is 0 Å². The summed E-state index contributed by atoms with van der Waals surface area (Å²) in [6, 6.07) is 11.0. The Hall–Kier alpha value is -1.30. The Morgan fingerprint density at radius 1 is 1.31 bits per heavy atom. The highest BCUT2D eigenvalue weighted by molar-refractivity contribution is 5.14. The van der Waals surface area contributed by atoms with Crippen LogP contribution in [0.4, 0.5) is 0 Å². The molecule has 0 heterocycles. The number of rotatable bonds is 5. The third-order valence-corrected chi connectivity index (χ3v) is 1.87. The van der Waals surface area contributed by atoms with Crippen LogP contribution in [-0.4, -0.2) is 0 Å². The summed E-state index contributed by atoms with van der Waals surface area (Å²) in [4.78, 5) is 0. The van der Waals surface area contributed by atoms with E-state index in [1.807, 2.05) is 6.07 Å². The van der Waals surface area contributed by atoms with E-state index >= 15 is 0 Å². The normalized spacial score (nSPS) is 12.3. The summed E-state index contributed by atoms with van der Waals surface area (Å²) in [5, 5.41) is 0. The molecular weight excluding hydrogens is 156 g/mol. The molecule has 0 aliphatic carbocycles. The summed E-state index contributed by atoms with van der Waals surface area (Å²) in [6.07, 6.45) is 6.35. The van der Waals surface area contributed by atoms with E-state index in [0.717, 1.165) is 19.3 Å². The smallest absolute Gasteiger partial charge is 0.0576 e. The van der Waals surface area contributed by atoms with Gasteiger partial charge in [-0.3, -0.25) is 0 Å². The molecule has 1 aromatic carbocycles. The molecule has 0 amide bonds. The van der Waals surface area contributed by atoms with Crippen LogP contribution in [0, 0.1) is 0 Å². The molecule has 0 aromatic heterocycles. The van der Waals surface area contributed by atoms with Gasteiger partial charge in [0.2, 0.25) is 0 Å². The van der Waals surface area contributed by atoms with Crippen LogP contribution in [0.25, 0.3) is 0 Å². The number of allylic oxidation sites excluding steroid dienone is 3. The quantitative estimate of drug-likeness (QED) is 0.595. The molecule has 68 valence electrons. The highest BCUT2D eigenvalue weighted by Gasteiger charge is 1.88. The fraction of sp³-hybridized carbons (Fsp3) is 0.231. The topological polar surface area (TPSA) is 0 Å². The van der Waals surface area contributed by atoms with Gasteiger partial charge < -0.3 is 0 Å². The summed E-state index contributed by atoms with van der Waals surface area (Å²) in [7, 11) is 0. The zero-order valence-electron chi connectivity index (χ0n) is 8.87. The Labute approximate surface area is 82.0 Å². The van der Waals surface area contributed by atoms with E-state index in [1.165, 1.54) is 5.56 Å². The van der Waals surface area contributed by atoms with Crippen molar-refractivity contribution >= 4 is 0 Å². The van der Waals surface area contributed by atoms with Gasteiger partial charge in [-0.1, -0.05) is 55.1 Å². The molecule has 0 heteroatoms. The molecule has 0 fully saturated rings. The van der Waals surface area contributed by atoms with Crippen molar-refractivity contribution in [2.24, 2.45) is 0 Å². The fourth-order valence-corrected chi connectivity index (χ4v) is 1.21. The van der Waals surface area contributed by atoms with Crippen LogP contribution in [-0.2, 0) is 6.42 Å². The van der Waals surface area contributed by atoms with Crippen molar-refractivity contribution in [3.63, 3.8) is 0 Å². The maximum Gasteiger partial charge on any atom is 0.0576 e. The predicted molar refractivity (Wildman–Crippen MR) is 58.7 cm³/mol. The lowest BCUT2D eigenvalue weighted by Gasteiger charge is -1.97. The fourth-order valence-electron chi connectivity index (χ4n) is 1.21. The first-order valence-electron chi connectivity index (χ1n) is 5.15. The Bertz CT molecular complexity index is 298. The molecule has 0 nitrogen and oxygen atoms in total. The second kappa shape index (κ2) is 6.24. The largest absolute Gasteiger partial charge is 0.0991 e. The lowest BCUT2D eigenvalue weighted by molar-refractivity contribution is 0.843. The maximum atomic E-state index is 7.53. The zero-order valence-corrected chi connectivity index (χ0v) is 7.87. The molecule has 0 saturated heterocycles. The van der Waals surface area contributed by atoms with Crippen molar-refractivity contribution in [3.05, 3.63) is 60.7 Å². The predicted octanol–water partition coefficient (Wildman–Crippen LogP) is 3.75. The minimum Gasteiger partial charge on any atom is -0.0991 e. The van der Waals surface area contributed by atoms with E-state index in [2.05, 4.69) is 30.8 Å². The minimum absolute atomic E-state index is 0.663. The second-order valence-electron chi connectivity index (χ2n) is 2.95. The Balaban J connectivity index is 2.29. The number of benzene rings is 1. The van der Waals surface area contributed by atoms with Crippen LogP contribution in [0.5, 0.6) is 0 Å². The van der Waals surface area contributed by atoms with Crippen molar-refractivity contribution in [3.8, 4) is 0 Å². The van der Waals surface area contributed by atoms with Crippen LogP contribution in [0.2, 0.25) is 0 Å². The molecule has 0 aliphatic rings. The van der Waals surface area contributed by atoms with Crippen LogP contribution < -0.4 is 0 Å². The standard InChI is InChI=1S/C13H16/c1-2-3-4-5-7-10-13-11-8-6-9-12-13/h2-4,6,8-9,11-12H,1,5,7,10H2/b4-3+/i4D. The van der Waals surface area contributed by atoms with E-state index in [4.69, 9.17) is 1.37 Å². The van der Waals surface area contributed by atoms with Gasteiger partial charge in [-0.2, -0.15) is 0 Å². The Kier molecular flexibility index (Phi) is 3.99. The van der Waals surface area contributed by atoms with Crippen LogP contribution in [0.3, 0.4) is 0 Å². The monoisotopic (exact) mass is 173 g/mol. The third-order valence-electron chi connectivity index (χ3n) is 1.87. The lowest BCUT2D eigenvalue weighted by atomic mass is 10.1. The second-order valence-corrected chi connectivity index (χ2v) is 2.95. The highest BCUT2D eigenvalue weighted by Crippen LogP contribution is 2.04. The molecule has 13 heavy (non-hydrogen) atoms. The summed E-state index contributed by atoms with van der Waals surface area (Å²) in [5.41, 5.74) is 1.35. The third kappa shape index (κ3) is 4.32. The molecule has 0 saturated carbocycles. The van der Waals surface area contributed by atoms with E-state index in [-0.39, 0.29) is 0 Å². The van der Waals surface area contributed by atoms with Crippen molar-refractivity contribution in [2.45, 2.75) is 19.3 Å². The minimum atomic E-state index is 0.663. The van der Waals surface area contributed by atoms with Crippen LogP contribution >= 0.6 is 0 Å². The molecule has 0 N–H and O–H groups in total. The highest BCUT2D eigenvalue weighted by atomic mass is 13.9. The van der Waals surface area contributed by atoms with E-state index in [1.54, 1.807) is 12.2 Å². The van der Waals surface area contributed by atoms with Gasteiger partial charge in [-0.25, -0.2) is 0 Å². The summed E-state index contributed by atoms with van der Waals surface area (Å²) < 4.78 is 7.53. The summed E-state index contributed by atoms with van der Waals surface area (Å²) in [6.45, 7) is 3.57. The van der Waals surface area contributed by atoms with E-state index in [9.17, 15) is 0 Å². The molecule has 0 radical (unpaired) electrons. The Morgan fingerprint density at radius 3 is 2.77 bits per heavy atom. The first-order chi connectivity index (χ1) is 6.83. The molecule has 0 spiro atoms. The first-order valence-corrected chi connectivity index (χ1v) is 4.65. The van der Waals surface area contributed by atoms with Gasteiger partial charge in [0.15, 0.2) is 0 Å². The van der Waals surface area contributed by atoms with Crippen LogP contribution in [0.15, 0.2) is 55.1 Å². The van der Waals surface area contributed by atoms with E-state index < -0.39 is 0 Å². The molecule has 0 aliphatic heterocycles. The first kappa shape index (κ1) is 8.31. The summed E-state index contributed by atoms with van der Waals surface area (Å²) in [5.74, 6) is 0. The molecule has 0 unspecified atom stereocenters. The molecule has 1 aromatic rings. The van der Waals surface area contributed by atoms with Gasteiger partial charge in [0.1, 0.15) is 0 Å². The average Bonchev–Trinajstić information content (AvgIpc) is 2.20. The maximum absolute atomic E-state index is 7.53. The van der Waals surface area contributed by atoms with E-state index in [0.29, 0.717) is 6.05 Å².